The lowest BCUT2D eigenvalue weighted by Crippen LogP contribution is -2.34. The molecule has 0 saturated carbocycles. The second kappa shape index (κ2) is 8.28. The fourth-order valence-electron chi connectivity index (χ4n) is 1.43. The third-order valence-corrected chi connectivity index (χ3v) is 4.45. The number of carboxylic acids is 1. The van der Waals surface area contributed by atoms with Crippen LogP contribution in [0.5, 0.6) is 0 Å². The fraction of sp³-hybridized carbons (Fsp3) is 0.385. The highest BCUT2D eigenvalue weighted by atomic mass is 79.9. The number of aliphatic carboxylic acids is 1. The molecule has 0 aliphatic rings. The van der Waals surface area contributed by atoms with E-state index in [9.17, 15) is 9.59 Å². The molecule has 0 aliphatic carbocycles. The van der Waals surface area contributed by atoms with Gasteiger partial charge in [-0.25, -0.2) is 0 Å². The molecule has 0 bridgehead atoms. The lowest BCUT2D eigenvalue weighted by molar-refractivity contribution is -0.138. The second-order valence-corrected chi connectivity index (χ2v) is 6.19. The number of nitrogens with two attached hydrogens (primary N) is 1. The first-order valence-electron chi connectivity index (χ1n) is 5.95. The number of hydrogen-bond donors (Lipinski definition) is 2. The number of amides is 1. The van der Waals surface area contributed by atoms with Crippen LogP contribution in [0, 0.1) is 0 Å². The van der Waals surface area contributed by atoms with Crippen LogP contribution in [0.3, 0.4) is 0 Å². The molecule has 1 rings (SSSR count). The number of thioether (sulfide) groups is 1. The van der Waals surface area contributed by atoms with Crippen LogP contribution in [0.2, 0.25) is 0 Å². The number of carbonyl (C=O) groups is 2. The van der Waals surface area contributed by atoms with E-state index in [4.69, 9.17) is 10.8 Å². The van der Waals surface area contributed by atoms with Gasteiger partial charge in [-0.05, 0) is 11.6 Å². The number of rotatable bonds is 7. The van der Waals surface area contributed by atoms with Gasteiger partial charge in [0.15, 0.2) is 0 Å². The van der Waals surface area contributed by atoms with Crippen molar-refractivity contribution in [3.8, 4) is 0 Å². The van der Waals surface area contributed by atoms with Gasteiger partial charge in [0.2, 0.25) is 5.91 Å². The molecule has 1 aromatic carbocycles. The monoisotopic (exact) mass is 360 g/mol. The number of carbonyl (C=O) groups excluding carboxylic acids is 1. The smallest absolute Gasteiger partial charge is 0.321 e. The Morgan fingerprint density at radius 2 is 2.10 bits per heavy atom. The molecule has 1 amide bonds. The van der Waals surface area contributed by atoms with Gasteiger partial charge >= 0.3 is 5.97 Å². The molecule has 20 heavy (non-hydrogen) atoms. The first-order valence-corrected chi connectivity index (χ1v) is 7.90. The van der Waals surface area contributed by atoms with Gasteiger partial charge in [-0.3, -0.25) is 9.59 Å². The van der Waals surface area contributed by atoms with Crippen LogP contribution in [0.25, 0.3) is 0 Å². The van der Waals surface area contributed by atoms with E-state index >= 15 is 0 Å². The van der Waals surface area contributed by atoms with Crippen molar-refractivity contribution in [2.75, 3.05) is 18.6 Å². The van der Waals surface area contributed by atoms with Crippen LogP contribution >= 0.6 is 27.7 Å². The van der Waals surface area contributed by atoms with Crippen molar-refractivity contribution < 1.29 is 14.7 Å². The van der Waals surface area contributed by atoms with Gasteiger partial charge in [0.05, 0.1) is 5.75 Å². The lowest BCUT2D eigenvalue weighted by atomic mass is 10.2. The summed E-state index contributed by atoms with van der Waals surface area (Å²) in [5.41, 5.74) is 6.39. The third-order valence-electron chi connectivity index (χ3n) is 2.63. The summed E-state index contributed by atoms with van der Waals surface area (Å²) in [6.45, 7) is 0.506. The van der Waals surface area contributed by atoms with Crippen LogP contribution in [-0.4, -0.2) is 46.5 Å². The van der Waals surface area contributed by atoms with Crippen molar-refractivity contribution in [3.63, 3.8) is 0 Å². The number of halogens is 1. The topological polar surface area (TPSA) is 83.6 Å². The van der Waals surface area contributed by atoms with Crippen LogP contribution in [-0.2, 0) is 16.1 Å². The van der Waals surface area contributed by atoms with Gasteiger partial charge in [0.25, 0.3) is 0 Å². The lowest BCUT2D eigenvalue weighted by Gasteiger charge is -2.18. The maximum atomic E-state index is 11.9. The Morgan fingerprint density at radius 1 is 1.45 bits per heavy atom. The summed E-state index contributed by atoms with van der Waals surface area (Å²) < 4.78 is 0.959. The highest BCUT2D eigenvalue weighted by Gasteiger charge is 2.14. The van der Waals surface area contributed by atoms with Gasteiger partial charge in [0, 0.05) is 23.8 Å². The summed E-state index contributed by atoms with van der Waals surface area (Å²) in [6.07, 6.45) is 0. The normalized spacial score (nSPS) is 11.9. The Balaban J connectivity index is 2.40. The van der Waals surface area contributed by atoms with Crippen molar-refractivity contribution in [1.29, 1.82) is 0 Å². The summed E-state index contributed by atoms with van der Waals surface area (Å²) in [4.78, 5) is 24.1. The molecule has 0 heterocycles. The van der Waals surface area contributed by atoms with Crippen molar-refractivity contribution in [2.45, 2.75) is 12.6 Å². The molecule has 1 aromatic rings. The van der Waals surface area contributed by atoms with Crippen molar-refractivity contribution in [2.24, 2.45) is 5.73 Å². The predicted octanol–water partition coefficient (Wildman–Crippen LogP) is 1.55. The second-order valence-electron chi connectivity index (χ2n) is 4.30. The molecule has 0 fully saturated rings. The largest absolute Gasteiger partial charge is 0.480 e. The van der Waals surface area contributed by atoms with Gasteiger partial charge < -0.3 is 15.7 Å². The average molecular weight is 361 g/mol. The minimum atomic E-state index is -1.05. The predicted molar refractivity (Wildman–Crippen MR) is 83.6 cm³/mol. The number of benzene rings is 1. The molecule has 0 aromatic heterocycles. The Labute approximate surface area is 130 Å². The zero-order chi connectivity index (χ0) is 15.1. The summed E-state index contributed by atoms with van der Waals surface area (Å²) in [5, 5.41) is 8.64. The van der Waals surface area contributed by atoms with Crippen LogP contribution in [0.4, 0.5) is 0 Å². The molecule has 0 aliphatic heterocycles. The number of hydrogen-bond acceptors (Lipinski definition) is 4. The Bertz CT molecular complexity index is 484. The maximum Gasteiger partial charge on any atom is 0.321 e. The summed E-state index contributed by atoms with van der Waals surface area (Å²) in [7, 11) is 1.72. The van der Waals surface area contributed by atoms with E-state index in [0.717, 1.165) is 10.0 Å². The molecular weight excluding hydrogens is 344 g/mol. The summed E-state index contributed by atoms with van der Waals surface area (Å²) in [6, 6.07) is 6.77. The Morgan fingerprint density at radius 3 is 2.70 bits per heavy atom. The van der Waals surface area contributed by atoms with E-state index in [-0.39, 0.29) is 17.4 Å². The minimum absolute atomic E-state index is 0.0525. The van der Waals surface area contributed by atoms with Gasteiger partial charge in [-0.15, -0.1) is 11.8 Å². The molecule has 3 N–H and O–H groups in total. The van der Waals surface area contributed by atoms with E-state index < -0.39 is 12.0 Å². The third kappa shape index (κ3) is 5.52. The molecule has 5 nitrogen and oxygen atoms in total. The summed E-state index contributed by atoms with van der Waals surface area (Å²) in [5.74, 6) is -0.652. The quantitative estimate of drug-likeness (QED) is 0.770. The highest BCUT2D eigenvalue weighted by molar-refractivity contribution is 9.10. The summed E-state index contributed by atoms with van der Waals surface area (Å²) >= 11 is 4.67. The highest BCUT2D eigenvalue weighted by Crippen LogP contribution is 2.17. The van der Waals surface area contributed by atoms with Gasteiger partial charge in [-0.1, -0.05) is 34.1 Å². The molecular formula is C13H17BrN2O3S. The van der Waals surface area contributed by atoms with Crippen LogP contribution in [0.1, 0.15) is 5.56 Å². The van der Waals surface area contributed by atoms with E-state index in [2.05, 4.69) is 15.9 Å². The fourth-order valence-corrected chi connectivity index (χ4v) is 2.74. The minimum Gasteiger partial charge on any atom is -0.480 e. The van der Waals surface area contributed by atoms with Crippen LogP contribution in [0.15, 0.2) is 28.7 Å². The average Bonchev–Trinajstić information content (AvgIpc) is 2.40. The molecule has 0 radical (unpaired) electrons. The SMILES string of the molecule is CN(Cc1ccccc1Br)C(=O)CSC[C@H](N)C(=O)O. The zero-order valence-corrected chi connectivity index (χ0v) is 13.5. The molecule has 1 atom stereocenters. The zero-order valence-electron chi connectivity index (χ0n) is 11.1. The maximum absolute atomic E-state index is 11.9. The molecule has 0 saturated heterocycles. The number of nitrogens with zero attached hydrogens (tertiary/aromatic N) is 1. The van der Waals surface area contributed by atoms with Crippen molar-refractivity contribution in [1.82, 2.24) is 4.90 Å². The van der Waals surface area contributed by atoms with Crippen molar-refractivity contribution >= 4 is 39.6 Å². The van der Waals surface area contributed by atoms with E-state index in [1.165, 1.54) is 11.8 Å². The van der Waals surface area contributed by atoms with E-state index in [1.807, 2.05) is 24.3 Å². The molecule has 7 heteroatoms. The Hall–Kier alpha value is -1.05. The Kier molecular flexibility index (Phi) is 7.04. The molecule has 0 spiro atoms. The molecule has 110 valence electrons. The number of carboxylic acid groups (broad SMARTS) is 1. The van der Waals surface area contributed by atoms with E-state index in [0.29, 0.717) is 6.54 Å². The molecule has 0 unspecified atom stereocenters. The first-order chi connectivity index (χ1) is 9.41. The first kappa shape index (κ1) is 17.0. The standard InChI is InChI=1S/C13H17BrN2O3S/c1-16(6-9-4-2-3-5-10(9)14)12(17)8-20-7-11(15)13(18)19/h2-5,11H,6-8,15H2,1H3,(H,18,19)/t11-/m0/s1. The van der Waals surface area contributed by atoms with Crippen LogP contribution < -0.4 is 5.73 Å². The van der Waals surface area contributed by atoms with E-state index in [1.54, 1.807) is 11.9 Å². The van der Waals surface area contributed by atoms with Gasteiger partial charge in [-0.2, -0.15) is 0 Å². The van der Waals surface area contributed by atoms with Crippen molar-refractivity contribution in [3.05, 3.63) is 34.3 Å². The van der Waals surface area contributed by atoms with Gasteiger partial charge in [0.1, 0.15) is 6.04 Å².